The van der Waals surface area contributed by atoms with Gasteiger partial charge in [-0.05, 0) is 37.1 Å². The van der Waals surface area contributed by atoms with Gasteiger partial charge in [0.2, 0.25) is 5.91 Å². The minimum absolute atomic E-state index is 0.00168. The monoisotopic (exact) mass is 337 g/mol. The summed E-state index contributed by atoms with van der Waals surface area (Å²) in [6.45, 7) is -0.406. The highest BCUT2D eigenvalue weighted by molar-refractivity contribution is 7.99. The molecule has 7 heteroatoms. The molecule has 1 aliphatic heterocycles. The number of thioether (sulfide) groups is 1. The Balaban J connectivity index is 1.55. The molecule has 3 rings (SSSR count). The minimum atomic E-state index is -0.617. The predicted molar refractivity (Wildman–Crippen MR) is 82.4 cm³/mol. The lowest BCUT2D eigenvalue weighted by Gasteiger charge is -2.22. The van der Waals surface area contributed by atoms with Gasteiger partial charge in [0.1, 0.15) is 11.9 Å². The lowest BCUT2D eigenvalue weighted by molar-refractivity contribution is -0.152. The molecular formula is C16H16FNO4S. The summed E-state index contributed by atoms with van der Waals surface area (Å²) in [5, 5.41) is 0. The van der Waals surface area contributed by atoms with Crippen LogP contribution in [0.4, 0.5) is 4.39 Å². The van der Waals surface area contributed by atoms with Crippen LogP contribution in [-0.4, -0.2) is 46.8 Å². The predicted octanol–water partition coefficient (Wildman–Crippen LogP) is 1.86. The molecule has 1 heterocycles. The van der Waals surface area contributed by atoms with Gasteiger partial charge >= 0.3 is 5.97 Å². The summed E-state index contributed by atoms with van der Waals surface area (Å²) in [6, 6.07) is 4.44. The summed E-state index contributed by atoms with van der Waals surface area (Å²) in [5.74, 6) is -0.366. The van der Waals surface area contributed by atoms with Gasteiger partial charge in [-0.25, -0.2) is 9.18 Å². The number of nitrogens with zero attached hydrogens (tertiary/aromatic N) is 1. The Morgan fingerprint density at radius 1 is 1.22 bits per heavy atom. The lowest BCUT2D eigenvalue weighted by atomic mass is 10.1. The molecule has 2 fully saturated rings. The van der Waals surface area contributed by atoms with Crippen molar-refractivity contribution < 1.29 is 23.5 Å². The normalized spacial score (nSPS) is 20.4. The van der Waals surface area contributed by atoms with Gasteiger partial charge in [-0.2, -0.15) is 0 Å². The van der Waals surface area contributed by atoms with Crippen LogP contribution in [0.5, 0.6) is 0 Å². The van der Waals surface area contributed by atoms with Crippen molar-refractivity contribution in [2.75, 3.05) is 18.2 Å². The fourth-order valence-electron chi connectivity index (χ4n) is 2.37. The molecule has 1 amide bonds. The average Bonchev–Trinajstić information content (AvgIpc) is 3.29. The van der Waals surface area contributed by atoms with Crippen molar-refractivity contribution in [2.24, 2.45) is 5.92 Å². The number of ether oxygens (including phenoxy) is 1. The van der Waals surface area contributed by atoms with Gasteiger partial charge in [0.25, 0.3) is 0 Å². The molecule has 122 valence electrons. The van der Waals surface area contributed by atoms with E-state index < -0.39 is 30.2 Å². The molecule has 0 spiro atoms. The van der Waals surface area contributed by atoms with Gasteiger partial charge in [0.05, 0.1) is 5.88 Å². The number of Topliss-reactive ketones (excluding diaryl/α,β-unsaturated/α-hetero) is 1. The standard InChI is InChI=1S/C16H16FNO4S/c17-12-5-3-10(4-6-12)14(19)7-22-16(21)13-8-23-9-18(13)15(20)11-1-2-11/h3-6,11,13H,1-2,7-9H2. The van der Waals surface area contributed by atoms with Crippen molar-refractivity contribution in [3.8, 4) is 0 Å². The van der Waals surface area contributed by atoms with Crippen LogP contribution in [-0.2, 0) is 14.3 Å². The van der Waals surface area contributed by atoms with Crippen molar-refractivity contribution in [2.45, 2.75) is 18.9 Å². The largest absolute Gasteiger partial charge is 0.456 e. The summed E-state index contributed by atoms with van der Waals surface area (Å²) in [7, 11) is 0. The summed E-state index contributed by atoms with van der Waals surface area (Å²) < 4.78 is 17.9. The highest BCUT2D eigenvalue weighted by Gasteiger charge is 2.42. The van der Waals surface area contributed by atoms with E-state index in [4.69, 9.17) is 4.74 Å². The number of amides is 1. The first-order chi connectivity index (χ1) is 11.1. The SMILES string of the molecule is O=C(COC(=O)C1CSCN1C(=O)C1CC1)c1ccc(F)cc1. The van der Waals surface area contributed by atoms with Crippen LogP contribution in [0.1, 0.15) is 23.2 Å². The first-order valence-electron chi connectivity index (χ1n) is 7.40. The fourth-order valence-corrected chi connectivity index (χ4v) is 3.52. The first kappa shape index (κ1) is 16.0. The molecule has 1 aromatic carbocycles. The van der Waals surface area contributed by atoms with Crippen LogP contribution in [0.25, 0.3) is 0 Å². The highest BCUT2D eigenvalue weighted by Crippen LogP contribution is 2.34. The van der Waals surface area contributed by atoms with E-state index in [1.807, 2.05) is 0 Å². The molecule has 1 aliphatic carbocycles. The minimum Gasteiger partial charge on any atom is -0.456 e. The van der Waals surface area contributed by atoms with Crippen molar-refractivity contribution in [1.29, 1.82) is 0 Å². The molecule has 23 heavy (non-hydrogen) atoms. The molecule has 5 nitrogen and oxygen atoms in total. The first-order valence-corrected chi connectivity index (χ1v) is 8.55. The molecule has 2 aliphatic rings. The second-order valence-electron chi connectivity index (χ2n) is 5.64. The number of carbonyl (C=O) groups excluding carboxylic acids is 3. The Hall–Kier alpha value is -1.89. The van der Waals surface area contributed by atoms with Crippen molar-refractivity contribution in [3.63, 3.8) is 0 Å². The Morgan fingerprint density at radius 3 is 2.57 bits per heavy atom. The number of hydrogen-bond donors (Lipinski definition) is 0. The second kappa shape index (κ2) is 6.70. The Kier molecular flexibility index (Phi) is 4.66. The van der Waals surface area contributed by atoms with Crippen molar-refractivity contribution in [1.82, 2.24) is 4.90 Å². The van der Waals surface area contributed by atoms with Crippen LogP contribution in [0.3, 0.4) is 0 Å². The second-order valence-corrected chi connectivity index (χ2v) is 6.64. The third-order valence-corrected chi connectivity index (χ3v) is 4.89. The Morgan fingerprint density at radius 2 is 1.91 bits per heavy atom. The molecule has 1 unspecified atom stereocenters. The van der Waals surface area contributed by atoms with Crippen LogP contribution >= 0.6 is 11.8 Å². The number of ketones is 1. The zero-order valence-corrected chi connectivity index (χ0v) is 13.2. The fraction of sp³-hybridized carbons (Fsp3) is 0.438. The topological polar surface area (TPSA) is 63.7 Å². The zero-order chi connectivity index (χ0) is 16.4. The summed E-state index contributed by atoms with van der Waals surface area (Å²) in [6.07, 6.45) is 1.76. The van der Waals surface area contributed by atoms with Crippen LogP contribution < -0.4 is 0 Å². The summed E-state index contributed by atoms with van der Waals surface area (Å²) >= 11 is 1.50. The molecule has 0 bridgehead atoms. The smallest absolute Gasteiger partial charge is 0.330 e. The van der Waals surface area contributed by atoms with E-state index >= 15 is 0 Å². The number of esters is 1. The van der Waals surface area contributed by atoms with Crippen molar-refractivity contribution >= 4 is 29.4 Å². The van der Waals surface area contributed by atoms with Gasteiger partial charge in [0, 0.05) is 17.2 Å². The molecule has 1 aromatic rings. The van der Waals surface area contributed by atoms with Crippen LogP contribution in [0, 0.1) is 11.7 Å². The van der Waals surface area contributed by atoms with E-state index in [1.54, 1.807) is 4.90 Å². The molecule has 0 N–H and O–H groups in total. The third kappa shape index (κ3) is 3.72. The van der Waals surface area contributed by atoms with E-state index in [1.165, 1.54) is 36.0 Å². The van der Waals surface area contributed by atoms with E-state index in [9.17, 15) is 18.8 Å². The van der Waals surface area contributed by atoms with E-state index in [0.29, 0.717) is 11.6 Å². The van der Waals surface area contributed by atoms with E-state index in [2.05, 4.69) is 0 Å². The van der Waals surface area contributed by atoms with E-state index in [-0.39, 0.29) is 17.4 Å². The van der Waals surface area contributed by atoms with Crippen LogP contribution in [0.15, 0.2) is 24.3 Å². The molecule has 0 aromatic heterocycles. The molecular weight excluding hydrogens is 321 g/mol. The molecule has 1 atom stereocenters. The van der Waals surface area contributed by atoms with Gasteiger partial charge in [-0.15, -0.1) is 11.8 Å². The maximum Gasteiger partial charge on any atom is 0.330 e. The number of benzene rings is 1. The quantitative estimate of drug-likeness (QED) is 0.606. The van der Waals surface area contributed by atoms with Crippen molar-refractivity contribution in [3.05, 3.63) is 35.6 Å². The van der Waals surface area contributed by atoms with Crippen LogP contribution in [0.2, 0.25) is 0 Å². The number of carbonyl (C=O) groups is 3. The third-order valence-electron chi connectivity index (χ3n) is 3.88. The zero-order valence-electron chi connectivity index (χ0n) is 12.4. The molecule has 1 saturated heterocycles. The number of hydrogen-bond acceptors (Lipinski definition) is 5. The summed E-state index contributed by atoms with van der Waals surface area (Å²) in [4.78, 5) is 37.7. The number of rotatable bonds is 5. The van der Waals surface area contributed by atoms with Gasteiger partial charge in [0.15, 0.2) is 12.4 Å². The molecule has 0 radical (unpaired) electrons. The maximum absolute atomic E-state index is 12.8. The Bertz CT molecular complexity index is 629. The number of halogens is 1. The van der Waals surface area contributed by atoms with Gasteiger partial charge < -0.3 is 9.64 Å². The maximum atomic E-state index is 12.8. The van der Waals surface area contributed by atoms with Gasteiger partial charge in [-0.3, -0.25) is 9.59 Å². The van der Waals surface area contributed by atoms with Gasteiger partial charge in [-0.1, -0.05) is 0 Å². The molecule has 1 saturated carbocycles. The lowest BCUT2D eigenvalue weighted by Crippen LogP contribution is -2.43. The van der Waals surface area contributed by atoms with E-state index in [0.717, 1.165) is 12.8 Å². The Labute approximate surface area is 137 Å². The average molecular weight is 337 g/mol. The highest BCUT2D eigenvalue weighted by atomic mass is 32.2. The summed E-state index contributed by atoms with van der Waals surface area (Å²) in [5.41, 5.74) is 0.283.